The maximum Gasteiger partial charge on any atom is 0.387 e. The predicted octanol–water partition coefficient (Wildman–Crippen LogP) is 3.46. The summed E-state index contributed by atoms with van der Waals surface area (Å²) in [5, 5.41) is 3.34. The fourth-order valence-electron chi connectivity index (χ4n) is 3.13. The molecule has 0 bridgehead atoms. The molecule has 0 radical (unpaired) electrons. The number of nitrogens with zero attached hydrogens (tertiary/aromatic N) is 1. The van der Waals surface area contributed by atoms with E-state index in [1.807, 2.05) is 0 Å². The highest BCUT2D eigenvalue weighted by molar-refractivity contribution is 5.85. The molecule has 1 N–H and O–H groups in total. The molecule has 1 aromatic rings. The van der Waals surface area contributed by atoms with E-state index in [1.165, 1.54) is 6.07 Å². The highest BCUT2D eigenvalue weighted by atomic mass is 35.5. The highest BCUT2D eigenvalue weighted by Gasteiger charge is 2.27. The maximum atomic E-state index is 12.6. The van der Waals surface area contributed by atoms with Crippen LogP contribution in [0.25, 0.3) is 0 Å². The molecule has 1 aromatic carbocycles. The van der Waals surface area contributed by atoms with E-state index in [0.29, 0.717) is 19.2 Å². The van der Waals surface area contributed by atoms with Crippen LogP contribution in [0, 0.1) is 5.92 Å². The van der Waals surface area contributed by atoms with Gasteiger partial charge in [0.1, 0.15) is 0 Å². The number of rotatable bonds is 7. The van der Waals surface area contributed by atoms with Gasteiger partial charge in [-0.05, 0) is 50.9 Å². The van der Waals surface area contributed by atoms with Gasteiger partial charge in [0.2, 0.25) is 5.91 Å². The van der Waals surface area contributed by atoms with E-state index in [0.717, 1.165) is 24.9 Å². The van der Waals surface area contributed by atoms with Crippen LogP contribution in [0.4, 0.5) is 8.78 Å². The van der Waals surface area contributed by atoms with E-state index in [2.05, 4.69) is 17.0 Å². The molecule has 1 amide bonds. The minimum absolute atomic E-state index is 0. The molecule has 0 aromatic heterocycles. The van der Waals surface area contributed by atoms with E-state index in [1.54, 1.807) is 31.0 Å². The first-order chi connectivity index (χ1) is 11.9. The summed E-state index contributed by atoms with van der Waals surface area (Å²) in [6.07, 6.45) is 1.66. The van der Waals surface area contributed by atoms with Crippen molar-refractivity contribution in [3.63, 3.8) is 0 Å². The van der Waals surface area contributed by atoms with Crippen LogP contribution in [0.1, 0.15) is 32.3 Å². The molecule has 0 unspecified atom stereocenters. The summed E-state index contributed by atoms with van der Waals surface area (Å²) in [4.78, 5) is 14.3. The Morgan fingerprint density at radius 1 is 1.38 bits per heavy atom. The molecule has 5 nitrogen and oxygen atoms in total. The number of hydrogen-bond acceptors (Lipinski definition) is 4. The Morgan fingerprint density at radius 3 is 2.73 bits per heavy atom. The average Bonchev–Trinajstić information content (AvgIpc) is 2.56. The third kappa shape index (κ3) is 6.29. The number of halogens is 3. The van der Waals surface area contributed by atoms with Gasteiger partial charge in [0.15, 0.2) is 11.5 Å². The van der Waals surface area contributed by atoms with Crippen LogP contribution in [-0.4, -0.2) is 43.7 Å². The number of ether oxygens (including phenoxy) is 2. The number of carbonyl (C=O) groups excluding carboxylic acids is 1. The topological polar surface area (TPSA) is 50.8 Å². The molecule has 8 heteroatoms. The summed E-state index contributed by atoms with van der Waals surface area (Å²) in [6.45, 7) is 2.52. The number of amides is 1. The van der Waals surface area contributed by atoms with Gasteiger partial charge in [0.25, 0.3) is 0 Å². The van der Waals surface area contributed by atoms with Crippen LogP contribution in [0.15, 0.2) is 18.2 Å². The lowest BCUT2D eigenvalue weighted by Gasteiger charge is -2.30. The van der Waals surface area contributed by atoms with Crippen LogP contribution in [0.3, 0.4) is 0 Å². The van der Waals surface area contributed by atoms with Gasteiger partial charge in [-0.1, -0.05) is 6.07 Å². The van der Waals surface area contributed by atoms with Crippen LogP contribution >= 0.6 is 12.4 Å². The van der Waals surface area contributed by atoms with Crippen molar-refractivity contribution in [2.24, 2.45) is 5.92 Å². The Hall–Kier alpha value is -1.60. The van der Waals surface area contributed by atoms with Crippen molar-refractivity contribution in [2.45, 2.75) is 45.9 Å². The second kappa shape index (κ2) is 10.5. The van der Waals surface area contributed by atoms with E-state index < -0.39 is 6.61 Å². The van der Waals surface area contributed by atoms with Gasteiger partial charge in [-0.2, -0.15) is 8.78 Å². The molecule has 2 atom stereocenters. The molecular weight excluding hydrogens is 366 g/mol. The average molecular weight is 393 g/mol. The molecule has 1 aliphatic heterocycles. The molecule has 1 fully saturated rings. The molecule has 26 heavy (non-hydrogen) atoms. The summed E-state index contributed by atoms with van der Waals surface area (Å²) in [7, 11) is 1.76. The van der Waals surface area contributed by atoms with Crippen molar-refractivity contribution < 1.29 is 23.0 Å². The van der Waals surface area contributed by atoms with Crippen molar-refractivity contribution >= 4 is 18.3 Å². The van der Waals surface area contributed by atoms with Crippen LogP contribution < -0.4 is 14.8 Å². The zero-order valence-corrected chi connectivity index (χ0v) is 16.2. The van der Waals surface area contributed by atoms with Crippen molar-refractivity contribution in [3.8, 4) is 11.5 Å². The Balaban J connectivity index is 0.00000338. The molecule has 148 valence electrons. The third-order valence-corrected chi connectivity index (χ3v) is 4.29. The number of hydrogen-bond donors (Lipinski definition) is 1. The molecule has 0 spiro atoms. The van der Waals surface area contributed by atoms with Crippen molar-refractivity contribution in [1.29, 1.82) is 0 Å². The van der Waals surface area contributed by atoms with Crippen molar-refractivity contribution in [3.05, 3.63) is 23.8 Å². The Labute approximate surface area is 159 Å². The first-order valence-electron chi connectivity index (χ1n) is 8.59. The second-order valence-corrected chi connectivity index (χ2v) is 6.36. The van der Waals surface area contributed by atoms with Gasteiger partial charge < -0.3 is 19.7 Å². The second-order valence-electron chi connectivity index (χ2n) is 6.36. The smallest absolute Gasteiger partial charge is 0.387 e. The molecule has 2 rings (SSSR count). The number of alkyl halides is 2. The molecule has 1 saturated heterocycles. The van der Waals surface area contributed by atoms with E-state index in [9.17, 15) is 13.6 Å². The van der Waals surface area contributed by atoms with Gasteiger partial charge in [0, 0.05) is 25.6 Å². The third-order valence-electron chi connectivity index (χ3n) is 4.29. The monoisotopic (exact) mass is 392 g/mol. The largest absolute Gasteiger partial charge is 0.490 e. The lowest BCUT2D eigenvalue weighted by atomic mass is 9.92. The Kier molecular flexibility index (Phi) is 9.08. The first kappa shape index (κ1) is 22.4. The fourth-order valence-corrected chi connectivity index (χ4v) is 3.13. The summed E-state index contributed by atoms with van der Waals surface area (Å²) in [5.41, 5.74) is 0.808. The van der Waals surface area contributed by atoms with E-state index in [-0.39, 0.29) is 35.7 Å². The summed E-state index contributed by atoms with van der Waals surface area (Å²) < 4.78 is 34.8. The van der Waals surface area contributed by atoms with E-state index in [4.69, 9.17) is 4.74 Å². The van der Waals surface area contributed by atoms with Crippen molar-refractivity contribution in [1.82, 2.24) is 10.2 Å². The fraction of sp³-hybridized carbons (Fsp3) is 0.611. The zero-order valence-electron chi connectivity index (χ0n) is 15.3. The number of piperidine rings is 1. The molecule has 1 heterocycles. The van der Waals surface area contributed by atoms with Crippen LogP contribution in [0.2, 0.25) is 0 Å². The Morgan fingerprint density at radius 2 is 2.12 bits per heavy atom. The predicted molar refractivity (Wildman–Crippen MR) is 98.2 cm³/mol. The standard InChI is InChI=1S/C18H26F2N2O3.ClH/c1-4-24-16-10-13(5-6-15(16)25-18(19)20)11-22(3)17(23)14-7-8-21-12(2)9-14;/h5-6,10,12,14,18,21H,4,7-9,11H2,1-3H3;1H/t12-,14-;/m0./s1. The highest BCUT2D eigenvalue weighted by Crippen LogP contribution is 2.30. The lowest BCUT2D eigenvalue weighted by molar-refractivity contribution is -0.135. The zero-order chi connectivity index (χ0) is 18.4. The van der Waals surface area contributed by atoms with Gasteiger partial charge in [-0.25, -0.2) is 0 Å². The van der Waals surface area contributed by atoms with Gasteiger partial charge >= 0.3 is 6.61 Å². The van der Waals surface area contributed by atoms with Gasteiger partial charge in [-0.15, -0.1) is 12.4 Å². The van der Waals surface area contributed by atoms with Gasteiger partial charge in [0.05, 0.1) is 6.61 Å². The molecule has 1 aliphatic rings. The molecule has 0 aliphatic carbocycles. The molecular formula is C18H27ClF2N2O3. The van der Waals surface area contributed by atoms with Crippen LogP contribution in [0.5, 0.6) is 11.5 Å². The minimum Gasteiger partial charge on any atom is -0.490 e. The number of benzene rings is 1. The van der Waals surface area contributed by atoms with Gasteiger partial charge in [-0.3, -0.25) is 4.79 Å². The number of nitrogens with one attached hydrogen (secondary N) is 1. The van der Waals surface area contributed by atoms with Crippen LogP contribution in [-0.2, 0) is 11.3 Å². The summed E-state index contributed by atoms with van der Waals surface area (Å²) in [6, 6.07) is 5.12. The summed E-state index contributed by atoms with van der Waals surface area (Å²) in [5.74, 6) is 0.395. The first-order valence-corrected chi connectivity index (χ1v) is 8.59. The van der Waals surface area contributed by atoms with Crippen molar-refractivity contribution in [2.75, 3.05) is 20.2 Å². The lowest BCUT2D eigenvalue weighted by Crippen LogP contribution is -2.42. The minimum atomic E-state index is -2.91. The SMILES string of the molecule is CCOc1cc(CN(C)C(=O)[C@H]2CCN[C@@H](C)C2)ccc1OC(F)F.Cl. The van der Waals surface area contributed by atoms with E-state index >= 15 is 0 Å². The summed E-state index contributed by atoms with van der Waals surface area (Å²) >= 11 is 0. The number of carbonyl (C=O) groups is 1. The quantitative estimate of drug-likeness (QED) is 0.772. The maximum absolute atomic E-state index is 12.6. The normalized spacial score (nSPS) is 19.6. The molecule has 0 saturated carbocycles. The Bertz CT molecular complexity index is 590.